The van der Waals surface area contributed by atoms with E-state index in [1.165, 1.54) is 0 Å². The number of ether oxygens (including phenoxy) is 1. The van der Waals surface area contributed by atoms with Gasteiger partial charge in [0.1, 0.15) is 12.9 Å². The summed E-state index contributed by atoms with van der Waals surface area (Å²) in [7, 11) is 0. The van der Waals surface area contributed by atoms with E-state index in [1.807, 2.05) is 0 Å². The Bertz CT molecular complexity index is 193. The Labute approximate surface area is 77.8 Å². The van der Waals surface area contributed by atoms with Gasteiger partial charge < -0.3 is 14.4 Å². The van der Waals surface area contributed by atoms with Gasteiger partial charge in [0.15, 0.2) is 0 Å². The lowest BCUT2D eigenvalue weighted by Gasteiger charge is -2.19. The SMILES string of the molecule is CCC[C@H]1COC(=O)N1CCC=O. The number of hydrogen-bond donors (Lipinski definition) is 0. The summed E-state index contributed by atoms with van der Waals surface area (Å²) >= 11 is 0. The molecule has 0 unspecified atom stereocenters. The number of nitrogens with zero attached hydrogens (tertiary/aromatic N) is 1. The number of carbonyl (C=O) groups excluding carboxylic acids is 2. The summed E-state index contributed by atoms with van der Waals surface area (Å²) in [5.41, 5.74) is 0. The maximum Gasteiger partial charge on any atom is 0.410 e. The molecule has 0 radical (unpaired) electrons. The molecule has 1 rings (SSSR count). The summed E-state index contributed by atoms with van der Waals surface area (Å²) in [5, 5.41) is 0. The van der Waals surface area contributed by atoms with Gasteiger partial charge in [0.2, 0.25) is 0 Å². The van der Waals surface area contributed by atoms with E-state index in [4.69, 9.17) is 4.74 Å². The third-order valence-corrected chi connectivity index (χ3v) is 2.18. The monoisotopic (exact) mass is 185 g/mol. The van der Waals surface area contributed by atoms with Gasteiger partial charge in [-0.25, -0.2) is 4.79 Å². The van der Waals surface area contributed by atoms with E-state index in [0.29, 0.717) is 19.6 Å². The highest BCUT2D eigenvalue weighted by molar-refractivity contribution is 5.70. The fraction of sp³-hybridized carbons (Fsp3) is 0.778. The Kier molecular flexibility index (Phi) is 3.73. The topological polar surface area (TPSA) is 46.6 Å². The minimum atomic E-state index is -0.277. The predicted molar refractivity (Wildman–Crippen MR) is 47.4 cm³/mol. The maximum atomic E-state index is 11.2. The molecule has 1 amide bonds. The molecule has 1 heterocycles. The predicted octanol–water partition coefficient (Wildman–Crippen LogP) is 1.20. The van der Waals surface area contributed by atoms with Gasteiger partial charge in [-0.15, -0.1) is 0 Å². The van der Waals surface area contributed by atoms with E-state index in [9.17, 15) is 9.59 Å². The minimum absolute atomic E-state index is 0.178. The van der Waals surface area contributed by atoms with Gasteiger partial charge >= 0.3 is 6.09 Å². The lowest BCUT2D eigenvalue weighted by molar-refractivity contribution is -0.108. The van der Waals surface area contributed by atoms with Crippen molar-refractivity contribution in [3.63, 3.8) is 0 Å². The Balaban J connectivity index is 2.44. The summed E-state index contributed by atoms with van der Waals surface area (Å²) in [6.45, 7) is 3.04. The van der Waals surface area contributed by atoms with Crippen LogP contribution in [0.4, 0.5) is 4.79 Å². The zero-order valence-corrected chi connectivity index (χ0v) is 7.86. The van der Waals surface area contributed by atoms with Gasteiger partial charge in [-0.1, -0.05) is 13.3 Å². The van der Waals surface area contributed by atoms with E-state index >= 15 is 0 Å². The molecule has 0 aromatic carbocycles. The first-order valence-corrected chi connectivity index (χ1v) is 4.66. The van der Waals surface area contributed by atoms with E-state index in [2.05, 4.69) is 6.92 Å². The van der Waals surface area contributed by atoms with Crippen molar-refractivity contribution in [2.45, 2.75) is 32.2 Å². The highest BCUT2D eigenvalue weighted by atomic mass is 16.6. The van der Waals surface area contributed by atoms with Crippen molar-refractivity contribution < 1.29 is 14.3 Å². The Morgan fingerprint density at radius 3 is 3.08 bits per heavy atom. The summed E-state index contributed by atoms with van der Waals surface area (Å²) in [5.74, 6) is 0. The standard InChI is InChI=1S/C9H15NO3/c1-2-4-8-7-13-9(12)10(8)5-3-6-11/h6,8H,2-5,7H2,1H3/t8-/m0/s1. The van der Waals surface area contributed by atoms with Gasteiger partial charge in [-0.3, -0.25) is 0 Å². The summed E-state index contributed by atoms with van der Waals surface area (Å²) in [4.78, 5) is 23.0. The molecule has 0 aromatic rings. The smallest absolute Gasteiger partial charge is 0.410 e. The number of amides is 1. The largest absolute Gasteiger partial charge is 0.447 e. The molecule has 0 bridgehead atoms. The van der Waals surface area contributed by atoms with Crippen molar-refractivity contribution in [1.82, 2.24) is 4.90 Å². The number of hydrogen-bond acceptors (Lipinski definition) is 3. The molecule has 1 fully saturated rings. The van der Waals surface area contributed by atoms with Crippen LogP contribution < -0.4 is 0 Å². The lowest BCUT2D eigenvalue weighted by Crippen LogP contribution is -2.34. The fourth-order valence-electron chi connectivity index (χ4n) is 1.53. The Hall–Kier alpha value is -1.06. The van der Waals surface area contributed by atoms with Crippen LogP contribution in [-0.4, -0.2) is 36.5 Å². The molecule has 0 N–H and O–H groups in total. The van der Waals surface area contributed by atoms with Crippen molar-refractivity contribution >= 4 is 12.4 Å². The third kappa shape index (κ3) is 2.44. The second-order valence-corrected chi connectivity index (χ2v) is 3.17. The first-order chi connectivity index (χ1) is 6.29. The van der Waals surface area contributed by atoms with Gasteiger partial charge in [-0.2, -0.15) is 0 Å². The number of rotatable bonds is 5. The number of carbonyl (C=O) groups is 2. The normalized spacial score (nSPS) is 21.8. The van der Waals surface area contributed by atoms with Crippen molar-refractivity contribution in [3.05, 3.63) is 0 Å². The van der Waals surface area contributed by atoms with Crippen LogP contribution in [0, 0.1) is 0 Å². The number of cyclic esters (lactones) is 1. The van der Waals surface area contributed by atoms with E-state index in [1.54, 1.807) is 4.90 Å². The Morgan fingerprint density at radius 1 is 1.69 bits per heavy atom. The maximum absolute atomic E-state index is 11.2. The van der Waals surface area contributed by atoms with Gasteiger partial charge in [0.25, 0.3) is 0 Å². The molecule has 1 saturated heterocycles. The molecule has 0 saturated carbocycles. The Morgan fingerprint density at radius 2 is 2.46 bits per heavy atom. The van der Waals surface area contributed by atoms with Crippen molar-refractivity contribution in [3.8, 4) is 0 Å². The quantitative estimate of drug-likeness (QED) is 0.604. The van der Waals surface area contributed by atoms with Crippen molar-refractivity contribution in [2.24, 2.45) is 0 Å². The van der Waals surface area contributed by atoms with Crippen molar-refractivity contribution in [2.75, 3.05) is 13.2 Å². The molecular weight excluding hydrogens is 170 g/mol. The van der Waals surface area contributed by atoms with Crippen LogP contribution in [0.3, 0.4) is 0 Å². The van der Waals surface area contributed by atoms with Crippen LogP contribution in [0.15, 0.2) is 0 Å². The minimum Gasteiger partial charge on any atom is -0.447 e. The molecule has 74 valence electrons. The first kappa shape index (κ1) is 10.0. The molecule has 13 heavy (non-hydrogen) atoms. The van der Waals surface area contributed by atoms with E-state index in [-0.39, 0.29) is 12.1 Å². The van der Waals surface area contributed by atoms with E-state index in [0.717, 1.165) is 19.1 Å². The summed E-state index contributed by atoms with van der Waals surface area (Å²) < 4.78 is 4.90. The van der Waals surface area contributed by atoms with Gasteiger partial charge in [0, 0.05) is 13.0 Å². The van der Waals surface area contributed by atoms with Crippen LogP contribution in [-0.2, 0) is 9.53 Å². The second-order valence-electron chi connectivity index (χ2n) is 3.17. The van der Waals surface area contributed by atoms with Crippen LogP contribution in [0.25, 0.3) is 0 Å². The molecular formula is C9H15NO3. The molecule has 4 nitrogen and oxygen atoms in total. The third-order valence-electron chi connectivity index (χ3n) is 2.18. The van der Waals surface area contributed by atoms with Crippen LogP contribution in [0.5, 0.6) is 0 Å². The second kappa shape index (κ2) is 4.84. The fourth-order valence-corrected chi connectivity index (χ4v) is 1.53. The summed E-state index contributed by atoms with van der Waals surface area (Å²) in [6, 6.07) is 0.178. The lowest BCUT2D eigenvalue weighted by atomic mass is 10.1. The molecule has 4 heteroatoms. The van der Waals surface area contributed by atoms with Gasteiger partial charge in [0.05, 0.1) is 6.04 Å². The molecule has 0 aromatic heterocycles. The van der Waals surface area contributed by atoms with Gasteiger partial charge in [-0.05, 0) is 6.42 Å². The average molecular weight is 185 g/mol. The number of aldehydes is 1. The molecule has 1 aliphatic heterocycles. The van der Waals surface area contributed by atoms with Crippen LogP contribution >= 0.6 is 0 Å². The average Bonchev–Trinajstić information content (AvgIpc) is 2.45. The molecule has 1 aliphatic rings. The molecule has 0 spiro atoms. The molecule has 0 aliphatic carbocycles. The van der Waals surface area contributed by atoms with E-state index < -0.39 is 0 Å². The van der Waals surface area contributed by atoms with Crippen molar-refractivity contribution in [1.29, 1.82) is 0 Å². The highest BCUT2D eigenvalue weighted by Gasteiger charge is 2.31. The zero-order chi connectivity index (χ0) is 9.68. The molecule has 1 atom stereocenters. The van der Waals surface area contributed by atoms with Crippen LogP contribution in [0.1, 0.15) is 26.2 Å². The summed E-state index contributed by atoms with van der Waals surface area (Å²) in [6.07, 6.45) is 2.92. The zero-order valence-electron chi connectivity index (χ0n) is 7.86. The first-order valence-electron chi connectivity index (χ1n) is 4.66. The van der Waals surface area contributed by atoms with Crippen LogP contribution in [0.2, 0.25) is 0 Å². The highest BCUT2D eigenvalue weighted by Crippen LogP contribution is 2.16.